The van der Waals surface area contributed by atoms with Crippen molar-refractivity contribution < 1.29 is 22.8 Å². The fraction of sp³-hybridized carbons (Fsp3) is 0.400. The SMILES string of the molecule is C=C(C)CNC(=O)[C@H](C)NCCNC(=O)c1cc(C(=O)NC(C)c2ccsc2)cc(N(C)S(C)(=O)=O)c1. The molecule has 1 unspecified atom stereocenters. The third-order valence-corrected chi connectivity index (χ3v) is 7.42. The van der Waals surface area contributed by atoms with Crippen LogP contribution in [0.4, 0.5) is 5.69 Å². The number of nitrogens with one attached hydrogen (secondary N) is 4. The number of carbonyl (C=O) groups excluding carboxylic acids is 3. The zero-order valence-corrected chi connectivity index (χ0v) is 23.4. The molecule has 0 saturated carbocycles. The maximum atomic E-state index is 13.0. The molecule has 4 N–H and O–H groups in total. The lowest BCUT2D eigenvalue weighted by atomic mass is 10.1. The summed E-state index contributed by atoms with van der Waals surface area (Å²) in [5, 5.41) is 15.2. The second kappa shape index (κ2) is 13.4. The quantitative estimate of drug-likeness (QED) is 0.223. The largest absolute Gasteiger partial charge is 0.351 e. The molecule has 1 heterocycles. The molecule has 1 aromatic heterocycles. The van der Waals surface area contributed by atoms with Gasteiger partial charge in [0.05, 0.1) is 24.0 Å². The normalized spacial score (nSPS) is 12.8. The Morgan fingerprint density at radius 3 is 2.27 bits per heavy atom. The summed E-state index contributed by atoms with van der Waals surface area (Å²) in [6.45, 7) is 10.0. The van der Waals surface area contributed by atoms with Gasteiger partial charge in [-0.2, -0.15) is 11.3 Å². The van der Waals surface area contributed by atoms with Crippen molar-refractivity contribution in [1.29, 1.82) is 0 Å². The monoisotopic (exact) mass is 549 g/mol. The summed E-state index contributed by atoms with van der Waals surface area (Å²) >= 11 is 1.51. The minimum atomic E-state index is -3.63. The molecule has 0 bridgehead atoms. The van der Waals surface area contributed by atoms with Gasteiger partial charge < -0.3 is 21.3 Å². The molecule has 37 heavy (non-hydrogen) atoms. The maximum absolute atomic E-state index is 13.0. The Labute approximate surface area is 222 Å². The van der Waals surface area contributed by atoms with E-state index in [9.17, 15) is 22.8 Å². The minimum absolute atomic E-state index is 0.133. The molecule has 0 radical (unpaired) electrons. The first kappa shape index (κ1) is 30.0. The Balaban J connectivity index is 2.11. The van der Waals surface area contributed by atoms with Gasteiger partial charge in [-0.15, -0.1) is 0 Å². The highest BCUT2D eigenvalue weighted by atomic mass is 32.2. The molecule has 2 atom stereocenters. The van der Waals surface area contributed by atoms with E-state index in [-0.39, 0.29) is 35.3 Å². The Bertz CT molecular complexity index is 1230. The van der Waals surface area contributed by atoms with E-state index < -0.39 is 27.9 Å². The summed E-state index contributed by atoms with van der Waals surface area (Å²) in [6.07, 6.45) is 1.04. The van der Waals surface area contributed by atoms with Crippen LogP contribution in [0, 0.1) is 0 Å². The van der Waals surface area contributed by atoms with Crippen LogP contribution in [0.1, 0.15) is 53.1 Å². The lowest BCUT2D eigenvalue weighted by molar-refractivity contribution is -0.122. The van der Waals surface area contributed by atoms with Crippen LogP contribution in [0.3, 0.4) is 0 Å². The molecule has 0 spiro atoms. The van der Waals surface area contributed by atoms with E-state index in [2.05, 4.69) is 27.8 Å². The van der Waals surface area contributed by atoms with Gasteiger partial charge in [-0.05, 0) is 61.4 Å². The van der Waals surface area contributed by atoms with E-state index in [4.69, 9.17) is 0 Å². The molecule has 3 amide bonds. The summed E-state index contributed by atoms with van der Waals surface area (Å²) in [6, 6.07) is 5.43. The third-order valence-electron chi connectivity index (χ3n) is 5.51. The van der Waals surface area contributed by atoms with Gasteiger partial charge >= 0.3 is 0 Å². The molecule has 12 heteroatoms. The molecule has 2 rings (SSSR count). The maximum Gasteiger partial charge on any atom is 0.251 e. The summed E-state index contributed by atoms with van der Waals surface area (Å²) < 4.78 is 25.3. The lowest BCUT2D eigenvalue weighted by Crippen LogP contribution is -2.45. The highest BCUT2D eigenvalue weighted by molar-refractivity contribution is 7.92. The Kier molecular flexibility index (Phi) is 10.8. The average Bonchev–Trinajstić information content (AvgIpc) is 3.38. The number of carbonyl (C=O) groups is 3. The standard InChI is InChI=1S/C25H35N5O5S2/c1-16(2)14-28-23(31)18(4)26-8-9-27-24(32)20-11-21(13-22(12-20)30(5)37(6,34)35)25(33)29-17(3)19-7-10-36-15-19/h7,10-13,15,17-18,26H,1,8-9,14H2,2-6H3,(H,27,32)(H,28,31)(H,29,33)/t17?,18-/m0/s1. The van der Waals surface area contributed by atoms with E-state index in [1.165, 1.54) is 36.6 Å². The van der Waals surface area contributed by atoms with Crippen LogP contribution in [-0.4, -0.2) is 65.1 Å². The van der Waals surface area contributed by atoms with Crippen molar-refractivity contribution in [3.8, 4) is 0 Å². The van der Waals surface area contributed by atoms with Gasteiger partial charge in [-0.3, -0.25) is 18.7 Å². The van der Waals surface area contributed by atoms with Crippen molar-refractivity contribution in [2.75, 3.05) is 37.2 Å². The Hall–Kier alpha value is -3.22. The first-order valence-corrected chi connectivity index (χ1v) is 14.4. The van der Waals surface area contributed by atoms with Crippen LogP contribution in [0.15, 0.2) is 47.2 Å². The number of amides is 3. The second-order valence-electron chi connectivity index (χ2n) is 8.86. The van der Waals surface area contributed by atoms with Crippen LogP contribution >= 0.6 is 11.3 Å². The van der Waals surface area contributed by atoms with E-state index in [0.717, 1.165) is 21.7 Å². The van der Waals surface area contributed by atoms with Gasteiger partial charge in [-0.25, -0.2) is 8.42 Å². The molecule has 1 aromatic carbocycles. The van der Waals surface area contributed by atoms with Gasteiger partial charge in [-0.1, -0.05) is 12.2 Å². The van der Waals surface area contributed by atoms with Crippen molar-refractivity contribution in [2.24, 2.45) is 0 Å². The molecule has 10 nitrogen and oxygen atoms in total. The van der Waals surface area contributed by atoms with E-state index >= 15 is 0 Å². The average molecular weight is 550 g/mol. The van der Waals surface area contributed by atoms with Crippen LogP contribution < -0.4 is 25.6 Å². The first-order chi connectivity index (χ1) is 17.3. The van der Waals surface area contributed by atoms with Crippen LogP contribution in [0.5, 0.6) is 0 Å². The number of hydrogen-bond acceptors (Lipinski definition) is 7. The number of hydrogen-bond donors (Lipinski definition) is 4. The fourth-order valence-electron chi connectivity index (χ4n) is 3.18. The second-order valence-corrected chi connectivity index (χ2v) is 11.7. The topological polar surface area (TPSA) is 137 Å². The van der Waals surface area contributed by atoms with E-state index in [0.29, 0.717) is 13.1 Å². The predicted molar refractivity (Wildman–Crippen MR) is 148 cm³/mol. The van der Waals surface area contributed by atoms with Crippen molar-refractivity contribution in [1.82, 2.24) is 21.3 Å². The number of sulfonamides is 1. The van der Waals surface area contributed by atoms with Crippen molar-refractivity contribution in [3.05, 3.63) is 63.9 Å². The lowest BCUT2D eigenvalue weighted by Gasteiger charge is -2.20. The minimum Gasteiger partial charge on any atom is -0.351 e. The molecule has 202 valence electrons. The summed E-state index contributed by atoms with van der Waals surface area (Å²) in [7, 11) is -2.28. The van der Waals surface area contributed by atoms with Gasteiger partial charge in [0.15, 0.2) is 0 Å². The van der Waals surface area contributed by atoms with Gasteiger partial charge in [0.25, 0.3) is 11.8 Å². The molecule has 0 aliphatic carbocycles. The number of anilines is 1. The predicted octanol–water partition coefficient (Wildman–Crippen LogP) is 2.04. The van der Waals surface area contributed by atoms with Gasteiger partial charge in [0, 0.05) is 37.8 Å². The molecule has 0 aliphatic rings. The zero-order valence-electron chi connectivity index (χ0n) is 21.8. The first-order valence-electron chi connectivity index (χ1n) is 11.6. The van der Waals surface area contributed by atoms with Crippen LogP contribution in [0.25, 0.3) is 0 Å². The number of benzene rings is 1. The molecule has 0 saturated heterocycles. The van der Waals surface area contributed by atoms with E-state index in [1.54, 1.807) is 6.92 Å². The zero-order chi connectivity index (χ0) is 27.8. The van der Waals surface area contributed by atoms with Crippen LogP contribution in [0.2, 0.25) is 0 Å². The van der Waals surface area contributed by atoms with Crippen LogP contribution in [-0.2, 0) is 14.8 Å². The highest BCUT2D eigenvalue weighted by Gasteiger charge is 2.20. The van der Waals surface area contributed by atoms with Crippen molar-refractivity contribution in [2.45, 2.75) is 32.9 Å². The number of thiophene rings is 1. The third kappa shape index (κ3) is 9.30. The Morgan fingerprint density at radius 1 is 1.05 bits per heavy atom. The summed E-state index contributed by atoms with van der Waals surface area (Å²) in [5.41, 5.74) is 2.25. The van der Waals surface area contributed by atoms with Crippen molar-refractivity contribution in [3.63, 3.8) is 0 Å². The summed E-state index contributed by atoms with van der Waals surface area (Å²) in [4.78, 5) is 37.9. The molecule has 0 fully saturated rings. The fourth-order valence-corrected chi connectivity index (χ4v) is 4.42. The molecular formula is C25H35N5O5S2. The molecular weight excluding hydrogens is 514 g/mol. The highest BCUT2D eigenvalue weighted by Crippen LogP contribution is 2.22. The molecule has 0 aliphatic heterocycles. The van der Waals surface area contributed by atoms with Gasteiger partial charge in [0.1, 0.15) is 0 Å². The number of rotatable bonds is 13. The smallest absolute Gasteiger partial charge is 0.251 e. The number of nitrogens with zero attached hydrogens (tertiary/aromatic N) is 1. The van der Waals surface area contributed by atoms with Crippen molar-refractivity contribution >= 4 is 44.8 Å². The Morgan fingerprint density at radius 2 is 1.70 bits per heavy atom. The van der Waals surface area contributed by atoms with Gasteiger partial charge in [0.2, 0.25) is 15.9 Å². The van der Waals surface area contributed by atoms with E-state index in [1.807, 2.05) is 30.7 Å². The molecule has 2 aromatic rings. The summed E-state index contributed by atoms with van der Waals surface area (Å²) in [5.74, 6) is -1.10.